The first-order chi connectivity index (χ1) is 5.61. The van der Waals surface area contributed by atoms with Crippen molar-refractivity contribution in [3.8, 4) is 0 Å². The molecule has 0 bridgehead atoms. The Labute approximate surface area is 105 Å². The maximum Gasteiger partial charge on any atom is 1.00 e. The van der Waals surface area contributed by atoms with Crippen LogP contribution in [0.3, 0.4) is 0 Å². The van der Waals surface area contributed by atoms with Crippen molar-refractivity contribution in [1.29, 1.82) is 0 Å². The van der Waals surface area contributed by atoms with Gasteiger partial charge < -0.3 is 4.55 Å². The average molecular weight is 233 g/mol. The van der Waals surface area contributed by atoms with Gasteiger partial charge in [0.25, 0.3) is 0 Å². The van der Waals surface area contributed by atoms with Crippen LogP contribution in [0, 0.1) is 16.0 Å². The van der Waals surface area contributed by atoms with Crippen LogP contribution in [0.4, 0.5) is 0 Å². The van der Waals surface area contributed by atoms with Crippen molar-refractivity contribution in [2.45, 2.75) is 32.1 Å². The number of hydrogen-bond acceptors (Lipinski definition) is 5. The monoisotopic (exact) mass is 233 g/mol. The van der Waals surface area contributed by atoms with Crippen LogP contribution in [-0.2, 0) is 10.1 Å². The minimum atomic E-state index is -4.91. The second-order valence-corrected chi connectivity index (χ2v) is 5.27. The van der Waals surface area contributed by atoms with Gasteiger partial charge in [-0.25, -0.2) is 8.42 Å². The minimum Gasteiger partial charge on any atom is -0.743 e. The number of hydrogen-bond donors (Lipinski definition) is 0. The molecule has 0 rings (SSSR count). The van der Waals surface area contributed by atoms with E-state index in [4.69, 9.17) is 0 Å². The third-order valence-electron chi connectivity index (χ3n) is 1.71. The summed E-state index contributed by atoms with van der Waals surface area (Å²) in [5, 5.41) is 10.4. The Morgan fingerprint density at radius 1 is 1.43 bits per heavy atom. The molecular weight excluding hydrogens is 221 g/mol. The van der Waals surface area contributed by atoms with Crippen LogP contribution in [0.25, 0.3) is 0 Å². The van der Waals surface area contributed by atoms with E-state index in [1.54, 1.807) is 13.8 Å². The van der Waals surface area contributed by atoms with Gasteiger partial charge in [0.1, 0.15) is 0 Å². The zero-order chi connectivity index (χ0) is 10.9. The van der Waals surface area contributed by atoms with Gasteiger partial charge in [-0.1, -0.05) is 13.8 Å². The largest absolute Gasteiger partial charge is 1.00 e. The predicted octanol–water partition coefficient (Wildman–Crippen LogP) is -2.43. The standard InChI is InChI=1S/C6H13NO5S.Na/c1-5(2)4-6(3,7(8)9)13(10,11)12;/h5H,4H2,1-3H3,(H,10,11,12);/q;+1/p-1. The van der Waals surface area contributed by atoms with Crippen LogP contribution in [0.2, 0.25) is 0 Å². The molecule has 0 amide bonds. The molecule has 8 heteroatoms. The Morgan fingerprint density at radius 3 is 1.86 bits per heavy atom. The van der Waals surface area contributed by atoms with E-state index >= 15 is 0 Å². The Kier molecular flexibility index (Phi) is 6.46. The molecule has 0 aromatic heterocycles. The maximum absolute atomic E-state index is 10.6. The van der Waals surface area contributed by atoms with Crippen LogP contribution in [0.15, 0.2) is 0 Å². The summed E-state index contributed by atoms with van der Waals surface area (Å²) >= 11 is 0. The molecule has 0 heterocycles. The molecule has 14 heavy (non-hydrogen) atoms. The normalized spacial score (nSPS) is 15.8. The molecule has 78 valence electrons. The van der Waals surface area contributed by atoms with E-state index in [0.29, 0.717) is 0 Å². The van der Waals surface area contributed by atoms with Gasteiger partial charge in [0.15, 0.2) is 10.1 Å². The fourth-order valence-electron chi connectivity index (χ4n) is 1.03. The van der Waals surface area contributed by atoms with Crippen molar-refractivity contribution in [2.75, 3.05) is 0 Å². The molecule has 0 radical (unpaired) electrons. The molecule has 0 aromatic rings. The Hall–Kier alpha value is 0.310. The van der Waals surface area contributed by atoms with Crippen LogP contribution in [0.5, 0.6) is 0 Å². The molecular formula is C6H12NNaO5S. The fraction of sp³-hybridized carbons (Fsp3) is 1.00. The average Bonchev–Trinajstić information content (AvgIpc) is 1.82. The molecule has 0 saturated carbocycles. The molecule has 1 unspecified atom stereocenters. The van der Waals surface area contributed by atoms with E-state index in [9.17, 15) is 23.1 Å². The van der Waals surface area contributed by atoms with Crippen LogP contribution < -0.4 is 29.6 Å². The van der Waals surface area contributed by atoms with Crippen molar-refractivity contribution < 1.29 is 47.5 Å². The summed E-state index contributed by atoms with van der Waals surface area (Å²) in [5.74, 6) is -0.223. The first-order valence-electron chi connectivity index (χ1n) is 3.71. The Morgan fingerprint density at radius 2 is 1.79 bits per heavy atom. The summed E-state index contributed by atoms with van der Waals surface area (Å²) in [6, 6.07) is 0. The summed E-state index contributed by atoms with van der Waals surface area (Å²) < 4.78 is 31.9. The van der Waals surface area contributed by atoms with Crippen LogP contribution >= 0.6 is 0 Å². The van der Waals surface area contributed by atoms with Gasteiger partial charge in [-0.3, -0.25) is 10.1 Å². The molecule has 0 aliphatic carbocycles. The van der Waals surface area contributed by atoms with E-state index in [1.807, 2.05) is 0 Å². The quantitative estimate of drug-likeness (QED) is 0.233. The summed E-state index contributed by atoms with van der Waals surface area (Å²) in [4.78, 5) is 7.00. The molecule has 0 aliphatic heterocycles. The summed E-state index contributed by atoms with van der Waals surface area (Å²) in [6.07, 6.45) is -0.272. The van der Waals surface area contributed by atoms with Gasteiger partial charge in [0.05, 0.1) is 0 Å². The molecule has 0 N–H and O–H groups in total. The van der Waals surface area contributed by atoms with Crippen molar-refractivity contribution in [1.82, 2.24) is 0 Å². The smallest absolute Gasteiger partial charge is 0.743 e. The Balaban J connectivity index is 0. The molecule has 0 aromatic carbocycles. The second-order valence-electron chi connectivity index (χ2n) is 3.48. The van der Waals surface area contributed by atoms with Gasteiger partial charge in [-0.15, -0.1) is 0 Å². The van der Waals surface area contributed by atoms with E-state index in [0.717, 1.165) is 6.92 Å². The molecule has 0 aliphatic rings. The first kappa shape index (κ1) is 16.7. The van der Waals surface area contributed by atoms with Gasteiger partial charge in [-0.05, 0) is 5.92 Å². The molecule has 0 saturated heterocycles. The molecule has 0 fully saturated rings. The van der Waals surface area contributed by atoms with Crippen LogP contribution in [0.1, 0.15) is 27.2 Å². The zero-order valence-electron chi connectivity index (χ0n) is 8.68. The van der Waals surface area contributed by atoms with Crippen molar-refractivity contribution in [3.05, 3.63) is 10.1 Å². The van der Waals surface area contributed by atoms with Gasteiger partial charge in [-0.2, -0.15) is 0 Å². The summed E-state index contributed by atoms with van der Waals surface area (Å²) in [6.45, 7) is 4.08. The van der Waals surface area contributed by atoms with E-state index < -0.39 is 19.9 Å². The first-order valence-corrected chi connectivity index (χ1v) is 5.12. The number of nitrogens with zero attached hydrogens (tertiary/aromatic N) is 1. The summed E-state index contributed by atoms with van der Waals surface area (Å²) in [5.41, 5.74) is 0. The van der Waals surface area contributed by atoms with E-state index in [1.165, 1.54) is 0 Å². The maximum atomic E-state index is 10.6. The van der Waals surface area contributed by atoms with E-state index in [-0.39, 0.29) is 41.9 Å². The predicted molar refractivity (Wildman–Crippen MR) is 44.6 cm³/mol. The summed E-state index contributed by atoms with van der Waals surface area (Å²) in [7, 11) is -4.91. The molecule has 6 nitrogen and oxygen atoms in total. The second kappa shape index (κ2) is 5.41. The van der Waals surface area contributed by atoms with Gasteiger partial charge in [0, 0.05) is 18.3 Å². The van der Waals surface area contributed by atoms with Gasteiger partial charge >= 0.3 is 34.4 Å². The SMILES string of the molecule is CC(C)CC(C)([N+](=O)[O-])S(=O)(=O)[O-].[Na+]. The topological polar surface area (TPSA) is 100 Å². The minimum absolute atomic E-state index is 0. The third-order valence-corrected chi connectivity index (χ3v) is 3.10. The van der Waals surface area contributed by atoms with Crippen LogP contribution in [-0.4, -0.2) is 22.8 Å². The number of nitro groups is 1. The molecule has 1 atom stereocenters. The zero-order valence-corrected chi connectivity index (χ0v) is 11.5. The van der Waals surface area contributed by atoms with Crippen molar-refractivity contribution in [2.24, 2.45) is 5.92 Å². The fourth-order valence-corrected chi connectivity index (χ4v) is 1.75. The third kappa shape index (κ3) is 3.82. The van der Waals surface area contributed by atoms with E-state index in [2.05, 4.69) is 0 Å². The van der Waals surface area contributed by atoms with Crippen molar-refractivity contribution in [3.63, 3.8) is 0 Å². The Bertz CT molecular complexity index is 301. The molecule has 0 spiro atoms. The van der Waals surface area contributed by atoms with Gasteiger partial charge in [0.2, 0.25) is 0 Å². The number of rotatable bonds is 4. The van der Waals surface area contributed by atoms with Crippen molar-refractivity contribution >= 4 is 10.1 Å².